The third-order valence-electron chi connectivity index (χ3n) is 8.69. The Hall–Kier alpha value is -4.37. The fourth-order valence-electron chi connectivity index (χ4n) is 6.44. The van der Waals surface area contributed by atoms with Gasteiger partial charge >= 0.3 is 6.18 Å². The number of anilines is 1. The zero-order chi connectivity index (χ0) is 32.4. The van der Waals surface area contributed by atoms with Gasteiger partial charge in [0.25, 0.3) is 10.0 Å². The molecule has 0 spiro atoms. The molecule has 1 saturated heterocycles. The number of fused-ring (bicyclic) bond motifs is 1. The van der Waals surface area contributed by atoms with Crippen molar-refractivity contribution in [3.8, 4) is 22.5 Å². The lowest BCUT2D eigenvalue weighted by Crippen LogP contribution is -2.57. The molecule has 2 unspecified atom stereocenters. The molecule has 10 nitrogen and oxygen atoms in total. The molecule has 1 saturated carbocycles. The van der Waals surface area contributed by atoms with Gasteiger partial charge in [-0.2, -0.15) is 13.2 Å². The number of hydrogen-bond acceptors (Lipinski definition) is 9. The highest BCUT2D eigenvalue weighted by atomic mass is 32.2. The number of likely N-dealkylation sites (tertiary alicyclic amines) is 1. The maximum absolute atomic E-state index is 14.5. The highest BCUT2D eigenvalue weighted by molar-refractivity contribution is 7.90. The van der Waals surface area contributed by atoms with Gasteiger partial charge in [-0.25, -0.2) is 31.7 Å². The lowest BCUT2D eigenvalue weighted by Gasteiger charge is -2.41. The van der Waals surface area contributed by atoms with E-state index in [1.165, 1.54) is 18.2 Å². The van der Waals surface area contributed by atoms with E-state index >= 15 is 0 Å². The van der Waals surface area contributed by atoms with E-state index < -0.39 is 33.6 Å². The molecule has 1 aliphatic carbocycles. The second-order valence-electron chi connectivity index (χ2n) is 11.7. The minimum atomic E-state index is -4.85. The summed E-state index contributed by atoms with van der Waals surface area (Å²) >= 11 is 0. The number of nitrogens with zero attached hydrogens (tertiary/aromatic N) is 6. The van der Waals surface area contributed by atoms with E-state index in [-0.39, 0.29) is 39.5 Å². The van der Waals surface area contributed by atoms with Crippen molar-refractivity contribution < 1.29 is 30.5 Å². The normalized spacial score (nSPS) is 19.5. The van der Waals surface area contributed by atoms with Crippen LogP contribution in [-0.2, 0) is 16.2 Å². The third-order valence-corrected chi connectivity index (χ3v) is 10.4. The second-order valence-corrected chi connectivity index (χ2v) is 13.5. The Balaban J connectivity index is 1.40. The quantitative estimate of drug-likeness (QED) is 0.210. The first-order valence-electron chi connectivity index (χ1n) is 14.8. The van der Waals surface area contributed by atoms with Crippen LogP contribution in [0.5, 0.6) is 0 Å². The summed E-state index contributed by atoms with van der Waals surface area (Å²) < 4.78 is 91.1. The van der Waals surface area contributed by atoms with Gasteiger partial charge in [-0.15, -0.1) is 0 Å². The van der Waals surface area contributed by atoms with E-state index in [0.717, 1.165) is 29.4 Å². The van der Waals surface area contributed by atoms with Crippen LogP contribution in [0, 0.1) is 13.8 Å². The van der Waals surface area contributed by atoms with Gasteiger partial charge in [0.05, 0.1) is 27.5 Å². The van der Waals surface area contributed by atoms with Crippen molar-refractivity contribution in [2.45, 2.75) is 62.4 Å². The smallest absolute Gasteiger partial charge is 0.361 e. The fourth-order valence-corrected chi connectivity index (χ4v) is 7.78. The summed E-state index contributed by atoms with van der Waals surface area (Å²) in [5, 5.41) is 7.27. The van der Waals surface area contributed by atoms with E-state index in [2.05, 4.69) is 25.4 Å². The highest BCUT2D eigenvalue weighted by Gasteiger charge is 2.40. The Kier molecular flexibility index (Phi) is 7.35. The standard InChI is InChI=1S/C31H29F4N7O3S/c1-17-27(18(2)45-40-17)25-12-11-21-22(16-42(29(21)37-25)46(43,44)20-7-4-3-5-8-20)28-23(31(33,34)35)13-36-30(39-28)38-24-9-6-10-26(24)41-14-19(32)15-41/h3-5,7-8,11-13,16,19,24,26H,6,9-10,14-15H2,1-2H3,(H,36,38,39). The van der Waals surface area contributed by atoms with Crippen LogP contribution < -0.4 is 5.32 Å². The molecule has 15 heteroatoms. The summed E-state index contributed by atoms with van der Waals surface area (Å²) in [6.45, 7) is 4.03. The van der Waals surface area contributed by atoms with Crippen molar-refractivity contribution in [1.29, 1.82) is 0 Å². The van der Waals surface area contributed by atoms with Gasteiger partial charge in [0.2, 0.25) is 5.95 Å². The lowest BCUT2D eigenvalue weighted by atomic mass is 10.0. The lowest BCUT2D eigenvalue weighted by molar-refractivity contribution is -0.137. The van der Waals surface area contributed by atoms with Gasteiger partial charge in [0, 0.05) is 48.5 Å². The van der Waals surface area contributed by atoms with Crippen LogP contribution >= 0.6 is 0 Å². The Morgan fingerprint density at radius 1 is 1.02 bits per heavy atom. The molecule has 2 fully saturated rings. The molecule has 0 bridgehead atoms. The number of pyridine rings is 1. The number of benzene rings is 1. The predicted octanol–water partition coefficient (Wildman–Crippen LogP) is 6.01. The van der Waals surface area contributed by atoms with Crippen LogP contribution in [0.4, 0.5) is 23.5 Å². The summed E-state index contributed by atoms with van der Waals surface area (Å²) in [5.41, 5.74) is -0.396. The summed E-state index contributed by atoms with van der Waals surface area (Å²) in [7, 11) is -4.31. The number of hydrogen-bond donors (Lipinski definition) is 1. The number of nitrogens with one attached hydrogen (secondary N) is 1. The first-order valence-corrected chi connectivity index (χ1v) is 16.2. The van der Waals surface area contributed by atoms with E-state index in [0.29, 0.717) is 42.0 Å². The second kappa shape index (κ2) is 11.2. The summed E-state index contributed by atoms with van der Waals surface area (Å²) in [5.74, 6) is 0.411. The molecule has 0 amide bonds. The number of rotatable bonds is 7. The van der Waals surface area contributed by atoms with Crippen LogP contribution in [0.3, 0.4) is 0 Å². The number of aryl methyl sites for hydroxylation is 2. The van der Waals surface area contributed by atoms with E-state index in [1.807, 2.05) is 4.90 Å². The minimum Gasteiger partial charge on any atom is -0.361 e. The molecule has 1 N–H and O–H groups in total. The highest BCUT2D eigenvalue weighted by Crippen LogP contribution is 2.41. The summed E-state index contributed by atoms with van der Waals surface area (Å²) in [4.78, 5) is 14.9. The molecule has 0 radical (unpaired) electrons. The van der Waals surface area contributed by atoms with E-state index in [4.69, 9.17) is 4.52 Å². The Labute approximate surface area is 261 Å². The largest absolute Gasteiger partial charge is 0.419 e. The SMILES string of the molecule is Cc1noc(C)c1-c1ccc2c(-c3nc(NC4CCCC4N4CC(F)C4)ncc3C(F)(F)F)cn(S(=O)(=O)c3ccccc3)c2n1. The van der Waals surface area contributed by atoms with Gasteiger partial charge in [-0.3, -0.25) is 4.90 Å². The van der Waals surface area contributed by atoms with E-state index in [9.17, 15) is 26.0 Å². The maximum Gasteiger partial charge on any atom is 0.419 e. The van der Waals surface area contributed by atoms with Crippen molar-refractivity contribution >= 4 is 27.0 Å². The average Bonchev–Trinajstić information content (AvgIpc) is 3.72. The molecule has 4 aromatic heterocycles. The first-order chi connectivity index (χ1) is 21.9. The Morgan fingerprint density at radius 3 is 2.46 bits per heavy atom. The fraction of sp³-hybridized carbons (Fsp3) is 0.355. The Morgan fingerprint density at radius 2 is 1.78 bits per heavy atom. The van der Waals surface area contributed by atoms with Crippen LogP contribution in [0.15, 0.2) is 64.3 Å². The first kappa shape index (κ1) is 30.3. The molecule has 1 aliphatic heterocycles. The molecule has 7 rings (SSSR count). The van der Waals surface area contributed by atoms with Crippen LogP contribution in [0.25, 0.3) is 33.5 Å². The van der Waals surface area contributed by atoms with Gasteiger partial charge < -0.3 is 9.84 Å². The molecular weight excluding hydrogens is 626 g/mol. The predicted molar refractivity (Wildman–Crippen MR) is 161 cm³/mol. The monoisotopic (exact) mass is 655 g/mol. The van der Waals surface area contributed by atoms with Crippen molar-refractivity contribution in [3.63, 3.8) is 0 Å². The van der Waals surface area contributed by atoms with Crippen molar-refractivity contribution in [3.05, 3.63) is 71.9 Å². The molecule has 1 aromatic carbocycles. The van der Waals surface area contributed by atoms with Gasteiger partial charge in [-0.05, 0) is 57.4 Å². The van der Waals surface area contributed by atoms with E-state index in [1.54, 1.807) is 38.1 Å². The van der Waals surface area contributed by atoms with Gasteiger partial charge in [0.15, 0.2) is 5.65 Å². The Bertz CT molecular complexity index is 2020. The molecule has 5 heterocycles. The third kappa shape index (κ3) is 5.20. The minimum absolute atomic E-state index is 0.00576. The molecular formula is C31H29F4N7O3S. The van der Waals surface area contributed by atoms with Crippen LogP contribution in [-0.4, -0.2) is 68.7 Å². The van der Waals surface area contributed by atoms with Crippen molar-refractivity contribution in [2.24, 2.45) is 0 Å². The van der Waals surface area contributed by atoms with Gasteiger partial charge in [-0.1, -0.05) is 23.4 Å². The summed E-state index contributed by atoms with van der Waals surface area (Å²) in [6, 6.07) is 10.5. The molecule has 2 atom stereocenters. The number of halogens is 4. The number of aromatic nitrogens is 5. The molecule has 5 aromatic rings. The van der Waals surface area contributed by atoms with Crippen LogP contribution in [0.1, 0.15) is 36.3 Å². The zero-order valence-electron chi connectivity index (χ0n) is 24.8. The number of alkyl halides is 4. The molecule has 240 valence electrons. The molecule has 2 aliphatic rings. The molecule has 46 heavy (non-hydrogen) atoms. The average molecular weight is 656 g/mol. The summed E-state index contributed by atoms with van der Waals surface area (Å²) in [6.07, 6.45) is -1.50. The topological polar surface area (TPSA) is 119 Å². The zero-order valence-corrected chi connectivity index (χ0v) is 25.6. The van der Waals surface area contributed by atoms with Gasteiger partial charge in [0.1, 0.15) is 17.5 Å². The van der Waals surface area contributed by atoms with Crippen molar-refractivity contribution in [2.75, 3.05) is 18.4 Å². The maximum atomic E-state index is 14.5. The van der Waals surface area contributed by atoms with Crippen molar-refractivity contribution in [1.82, 2.24) is 29.0 Å². The van der Waals surface area contributed by atoms with Crippen LogP contribution in [0.2, 0.25) is 0 Å².